The number of hydrogen-bond donors (Lipinski definition) is 0. The first kappa shape index (κ1) is 14.2. The highest BCUT2D eigenvalue weighted by molar-refractivity contribution is 6.34. The summed E-state index contributed by atoms with van der Waals surface area (Å²) in [5, 5.41) is 4.92. The lowest BCUT2D eigenvalue weighted by Gasteiger charge is -2.09. The van der Waals surface area contributed by atoms with E-state index < -0.39 is 5.56 Å². The van der Waals surface area contributed by atoms with Crippen LogP contribution in [0.1, 0.15) is 6.92 Å². The van der Waals surface area contributed by atoms with Crippen molar-refractivity contribution >= 4 is 34.8 Å². The van der Waals surface area contributed by atoms with E-state index in [9.17, 15) is 4.79 Å². The van der Waals surface area contributed by atoms with E-state index in [0.29, 0.717) is 22.3 Å². The lowest BCUT2D eigenvalue weighted by molar-refractivity contribution is 0.332. The predicted octanol–water partition coefficient (Wildman–Crippen LogP) is 3.59. The van der Waals surface area contributed by atoms with E-state index in [0.717, 1.165) is 4.68 Å². The fraction of sp³-hybridized carbons (Fsp3) is 0.167. The van der Waals surface area contributed by atoms with Crippen LogP contribution in [-0.2, 0) is 0 Å². The number of halogens is 3. The molecule has 1 aromatic heterocycles. The first-order chi connectivity index (χ1) is 9.02. The van der Waals surface area contributed by atoms with Gasteiger partial charge in [-0.05, 0) is 25.1 Å². The number of nitrogens with zero attached hydrogens (tertiary/aromatic N) is 2. The predicted molar refractivity (Wildman–Crippen MR) is 76.0 cm³/mol. The molecule has 0 spiro atoms. The minimum Gasteiger partial charge on any atom is -0.487 e. The summed E-state index contributed by atoms with van der Waals surface area (Å²) in [7, 11) is 0. The molecular weight excluding hydrogens is 311 g/mol. The van der Waals surface area contributed by atoms with E-state index >= 15 is 0 Å². The van der Waals surface area contributed by atoms with Gasteiger partial charge in [-0.15, -0.1) is 0 Å². The van der Waals surface area contributed by atoms with Crippen LogP contribution in [0, 0.1) is 0 Å². The largest absolute Gasteiger partial charge is 0.487 e. The maximum absolute atomic E-state index is 12.2. The third-order valence-corrected chi connectivity index (χ3v) is 2.98. The van der Waals surface area contributed by atoms with Crippen molar-refractivity contribution in [2.24, 2.45) is 0 Å². The molecule has 0 aliphatic rings. The number of aromatic nitrogens is 2. The lowest BCUT2D eigenvalue weighted by Crippen LogP contribution is -2.23. The average Bonchev–Trinajstić information content (AvgIpc) is 2.33. The molecule has 0 saturated heterocycles. The molecule has 100 valence electrons. The second-order valence-corrected chi connectivity index (χ2v) is 4.88. The molecule has 0 unspecified atom stereocenters. The SMILES string of the molecule is CCOc1c(Cl)cnn(-c2cc(Cl)cc(Cl)c2)c1=O. The molecule has 2 aromatic rings. The number of ether oxygens (including phenoxy) is 1. The van der Waals surface area contributed by atoms with E-state index in [1.807, 2.05) is 0 Å². The molecule has 0 amide bonds. The Labute approximate surface area is 124 Å². The van der Waals surface area contributed by atoms with E-state index in [1.165, 1.54) is 6.20 Å². The summed E-state index contributed by atoms with van der Waals surface area (Å²) in [6.45, 7) is 2.09. The van der Waals surface area contributed by atoms with Crippen molar-refractivity contribution in [2.75, 3.05) is 6.61 Å². The number of benzene rings is 1. The molecule has 2 rings (SSSR count). The molecule has 0 fully saturated rings. The summed E-state index contributed by atoms with van der Waals surface area (Å²) < 4.78 is 6.35. The fourth-order valence-electron chi connectivity index (χ4n) is 1.54. The Morgan fingerprint density at radius 1 is 1.21 bits per heavy atom. The molecular formula is C12H9Cl3N2O2. The summed E-state index contributed by atoms with van der Waals surface area (Å²) in [4.78, 5) is 12.2. The van der Waals surface area contributed by atoms with Crippen LogP contribution in [0.15, 0.2) is 29.2 Å². The van der Waals surface area contributed by atoms with Crippen molar-refractivity contribution in [1.82, 2.24) is 9.78 Å². The smallest absolute Gasteiger partial charge is 0.315 e. The average molecular weight is 320 g/mol. The first-order valence-corrected chi connectivity index (χ1v) is 6.53. The van der Waals surface area contributed by atoms with Crippen LogP contribution >= 0.6 is 34.8 Å². The van der Waals surface area contributed by atoms with E-state index in [4.69, 9.17) is 39.5 Å². The second-order valence-electron chi connectivity index (χ2n) is 3.60. The Hall–Kier alpha value is -1.23. The van der Waals surface area contributed by atoms with Gasteiger partial charge in [0, 0.05) is 10.0 Å². The zero-order valence-corrected chi connectivity index (χ0v) is 12.1. The van der Waals surface area contributed by atoms with Crippen LogP contribution in [-0.4, -0.2) is 16.4 Å². The molecule has 1 heterocycles. The van der Waals surface area contributed by atoms with Gasteiger partial charge in [-0.25, -0.2) is 0 Å². The summed E-state index contributed by atoms with van der Waals surface area (Å²) in [6, 6.07) is 4.72. The highest BCUT2D eigenvalue weighted by Gasteiger charge is 2.13. The Kier molecular flexibility index (Phi) is 4.34. The molecule has 1 aromatic carbocycles. The van der Waals surface area contributed by atoms with Gasteiger partial charge < -0.3 is 4.74 Å². The van der Waals surface area contributed by atoms with Gasteiger partial charge in [-0.3, -0.25) is 4.79 Å². The molecule has 0 N–H and O–H groups in total. The lowest BCUT2D eigenvalue weighted by atomic mass is 10.3. The van der Waals surface area contributed by atoms with Gasteiger partial charge in [0.2, 0.25) is 5.75 Å². The van der Waals surface area contributed by atoms with E-state index in [2.05, 4.69) is 5.10 Å². The maximum atomic E-state index is 12.2. The number of rotatable bonds is 3. The van der Waals surface area contributed by atoms with Crippen molar-refractivity contribution in [3.63, 3.8) is 0 Å². The molecule has 0 bridgehead atoms. The first-order valence-electron chi connectivity index (χ1n) is 5.40. The fourth-order valence-corrected chi connectivity index (χ4v) is 2.23. The Bertz CT molecular complexity index is 650. The quantitative estimate of drug-likeness (QED) is 0.868. The molecule has 0 aliphatic carbocycles. The molecule has 0 saturated carbocycles. The number of hydrogen-bond acceptors (Lipinski definition) is 3. The molecule has 0 radical (unpaired) electrons. The minimum absolute atomic E-state index is 0.0512. The van der Waals surface area contributed by atoms with E-state index in [1.54, 1.807) is 25.1 Å². The van der Waals surface area contributed by atoms with Crippen LogP contribution in [0.5, 0.6) is 5.75 Å². The zero-order valence-electron chi connectivity index (χ0n) is 9.86. The third-order valence-electron chi connectivity index (χ3n) is 2.27. The van der Waals surface area contributed by atoms with Crippen molar-refractivity contribution in [3.8, 4) is 11.4 Å². The van der Waals surface area contributed by atoms with Crippen LogP contribution in [0.2, 0.25) is 15.1 Å². The topological polar surface area (TPSA) is 44.1 Å². The van der Waals surface area contributed by atoms with Crippen molar-refractivity contribution in [3.05, 3.63) is 49.8 Å². The van der Waals surface area contributed by atoms with Gasteiger partial charge in [0.25, 0.3) is 0 Å². The second kappa shape index (κ2) is 5.82. The van der Waals surface area contributed by atoms with Crippen molar-refractivity contribution in [2.45, 2.75) is 6.92 Å². The minimum atomic E-state index is -0.465. The van der Waals surface area contributed by atoms with E-state index in [-0.39, 0.29) is 10.8 Å². The van der Waals surface area contributed by atoms with Crippen LogP contribution in [0.3, 0.4) is 0 Å². The Balaban J connectivity index is 2.63. The summed E-state index contributed by atoms with van der Waals surface area (Å²) in [5.74, 6) is 0.0512. The maximum Gasteiger partial charge on any atom is 0.315 e. The molecule has 0 aliphatic heterocycles. The van der Waals surface area contributed by atoms with Gasteiger partial charge >= 0.3 is 5.56 Å². The Morgan fingerprint density at radius 2 is 1.84 bits per heavy atom. The summed E-state index contributed by atoms with van der Waals surface area (Å²) in [6.07, 6.45) is 1.34. The van der Waals surface area contributed by atoms with Crippen LogP contribution in [0.25, 0.3) is 5.69 Å². The van der Waals surface area contributed by atoms with Gasteiger partial charge in [0.1, 0.15) is 5.02 Å². The summed E-state index contributed by atoms with van der Waals surface area (Å²) >= 11 is 17.7. The molecule has 7 heteroatoms. The molecule has 4 nitrogen and oxygen atoms in total. The van der Waals surface area contributed by atoms with Gasteiger partial charge in [0.15, 0.2) is 0 Å². The van der Waals surface area contributed by atoms with Gasteiger partial charge in [-0.1, -0.05) is 34.8 Å². The normalized spacial score (nSPS) is 10.5. The van der Waals surface area contributed by atoms with Crippen LogP contribution in [0.4, 0.5) is 0 Å². The van der Waals surface area contributed by atoms with Gasteiger partial charge in [-0.2, -0.15) is 9.78 Å². The standard InChI is InChI=1S/C12H9Cl3N2O2/c1-2-19-11-10(15)6-16-17(12(11)18)9-4-7(13)3-8(14)5-9/h3-6H,2H2,1H3. The monoisotopic (exact) mass is 318 g/mol. The third kappa shape index (κ3) is 3.03. The molecule has 0 atom stereocenters. The van der Waals surface area contributed by atoms with Gasteiger partial charge in [0.05, 0.1) is 18.5 Å². The highest BCUT2D eigenvalue weighted by Crippen LogP contribution is 2.23. The van der Waals surface area contributed by atoms with Crippen molar-refractivity contribution < 1.29 is 4.74 Å². The molecule has 19 heavy (non-hydrogen) atoms. The van der Waals surface area contributed by atoms with Crippen molar-refractivity contribution in [1.29, 1.82) is 0 Å². The van der Waals surface area contributed by atoms with Crippen LogP contribution < -0.4 is 10.3 Å². The highest BCUT2D eigenvalue weighted by atomic mass is 35.5. The summed E-state index contributed by atoms with van der Waals surface area (Å²) in [5.41, 5.74) is -0.0206. The zero-order chi connectivity index (χ0) is 14.0. The Morgan fingerprint density at radius 3 is 2.42 bits per heavy atom.